The van der Waals surface area contributed by atoms with Crippen molar-refractivity contribution in [3.05, 3.63) is 48.2 Å². The minimum Gasteiger partial charge on any atom is -0.321 e. The molecule has 3 nitrogen and oxygen atoms in total. The van der Waals surface area contributed by atoms with E-state index >= 15 is 0 Å². The zero-order valence-corrected chi connectivity index (χ0v) is 9.09. The molecule has 1 aromatic carbocycles. The number of nitrogens with zero attached hydrogens (tertiary/aromatic N) is 1. The van der Waals surface area contributed by atoms with Crippen LogP contribution in [0.1, 0.15) is 5.56 Å². The molecule has 0 aromatic heterocycles. The SMILES string of the molecule is CN1C=CC(=O)C(Cc2ccccc2)C1=O. The van der Waals surface area contributed by atoms with Crippen LogP contribution in [0.2, 0.25) is 0 Å². The van der Waals surface area contributed by atoms with Crippen molar-refractivity contribution in [2.45, 2.75) is 6.42 Å². The van der Waals surface area contributed by atoms with Crippen LogP contribution in [-0.4, -0.2) is 23.6 Å². The van der Waals surface area contributed by atoms with Gasteiger partial charge in [-0.2, -0.15) is 0 Å². The molecular weight excluding hydrogens is 202 g/mol. The van der Waals surface area contributed by atoms with E-state index in [1.807, 2.05) is 30.3 Å². The number of amides is 1. The first-order chi connectivity index (χ1) is 7.68. The summed E-state index contributed by atoms with van der Waals surface area (Å²) in [5, 5.41) is 0. The van der Waals surface area contributed by atoms with Crippen LogP contribution in [0.5, 0.6) is 0 Å². The number of hydrogen-bond acceptors (Lipinski definition) is 2. The van der Waals surface area contributed by atoms with E-state index in [0.29, 0.717) is 6.42 Å². The lowest BCUT2D eigenvalue weighted by Crippen LogP contribution is -2.38. The molecule has 1 atom stereocenters. The van der Waals surface area contributed by atoms with Crippen LogP contribution in [0, 0.1) is 5.92 Å². The predicted molar refractivity (Wildman–Crippen MR) is 60.6 cm³/mol. The summed E-state index contributed by atoms with van der Waals surface area (Å²) in [6, 6.07) is 9.59. The molecular formula is C13H13NO2. The van der Waals surface area contributed by atoms with Crippen LogP contribution in [0.15, 0.2) is 42.6 Å². The van der Waals surface area contributed by atoms with Crippen molar-refractivity contribution in [3.63, 3.8) is 0 Å². The maximum absolute atomic E-state index is 11.8. The Morgan fingerprint density at radius 2 is 1.88 bits per heavy atom. The molecule has 0 aliphatic carbocycles. The molecule has 2 rings (SSSR count). The van der Waals surface area contributed by atoms with E-state index < -0.39 is 5.92 Å². The fourth-order valence-electron chi connectivity index (χ4n) is 1.78. The molecule has 1 amide bonds. The first-order valence-corrected chi connectivity index (χ1v) is 5.21. The summed E-state index contributed by atoms with van der Waals surface area (Å²) in [4.78, 5) is 24.9. The van der Waals surface area contributed by atoms with Crippen molar-refractivity contribution < 1.29 is 9.59 Å². The predicted octanol–water partition coefficient (Wildman–Crippen LogP) is 1.40. The van der Waals surface area contributed by atoms with E-state index in [0.717, 1.165) is 5.56 Å². The summed E-state index contributed by atoms with van der Waals surface area (Å²) < 4.78 is 0. The second kappa shape index (κ2) is 4.31. The van der Waals surface area contributed by atoms with Crippen LogP contribution in [0.4, 0.5) is 0 Å². The monoisotopic (exact) mass is 215 g/mol. The van der Waals surface area contributed by atoms with Gasteiger partial charge < -0.3 is 4.90 Å². The van der Waals surface area contributed by atoms with Crippen LogP contribution < -0.4 is 0 Å². The molecule has 0 N–H and O–H groups in total. The lowest BCUT2D eigenvalue weighted by atomic mass is 9.92. The molecule has 1 aromatic rings. The molecule has 0 fully saturated rings. The van der Waals surface area contributed by atoms with Crippen LogP contribution in [0.25, 0.3) is 0 Å². The number of hydrogen-bond donors (Lipinski definition) is 0. The van der Waals surface area contributed by atoms with Gasteiger partial charge in [0.15, 0.2) is 5.78 Å². The van der Waals surface area contributed by atoms with E-state index in [-0.39, 0.29) is 11.7 Å². The van der Waals surface area contributed by atoms with E-state index in [2.05, 4.69) is 0 Å². The largest absolute Gasteiger partial charge is 0.321 e. The Kier molecular flexibility index (Phi) is 2.86. The Balaban J connectivity index is 2.18. The summed E-state index contributed by atoms with van der Waals surface area (Å²) in [6.07, 6.45) is 3.47. The minimum atomic E-state index is -0.558. The van der Waals surface area contributed by atoms with Gasteiger partial charge in [0.25, 0.3) is 0 Å². The molecule has 16 heavy (non-hydrogen) atoms. The molecule has 3 heteroatoms. The van der Waals surface area contributed by atoms with Crippen molar-refractivity contribution in [2.24, 2.45) is 5.92 Å². The number of carbonyl (C=O) groups is 2. The van der Waals surface area contributed by atoms with Gasteiger partial charge in [-0.25, -0.2) is 0 Å². The Labute approximate surface area is 94.4 Å². The van der Waals surface area contributed by atoms with Gasteiger partial charge in [-0.3, -0.25) is 9.59 Å². The topological polar surface area (TPSA) is 37.4 Å². The van der Waals surface area contributed by atoms with Gasteiger partial charge in [0.05, 0.1) is 0 Å². The van der Waals surface area contributed by atoms with E-state index in [1.54, 1.807) is 7.05 Å². The van der Waals surface area contributed by atoms with Crippen molar-refractivity contribution in [1.29, 1.82) is 0 Å². The van der Waals surface area contributed by atoms with Gasteiger partial charge in [0, 0.05) is 13.2 Å². The zero-order chi connectivity index (χ0) is 11.5. The molecule has 1 heterocycles. The number of benzene rings is 1. The Bertz CT molecular complexity index is 437. The summed E-state index contributed by atoms with van der Waals surface area (Å²) in [5.41, 5.74) is 1.01. The maximum Gasteiger partial charge on any atom is 0.237 e. The third kappa shape index (κ3) is 2.03. The minimum absolute atomic E-state index is 0.105. The van der Waals surface area contributed by atoms with Gasteiger partial charge in [-0.1, -0.05) is 30.3 Å². The maximum atomic E-state index is 11.8. The summed E-state index contributed by atoms with van der Waals surface area (Å²) in [7, 11) is 1.67. The zero-order valence-electron chi connectivity index (χ0n) is 9.09. The molecule has 1 aliphatic heterocycles. The third-order valence-corrected chi connectivity index (χ3v) is 2.73. The molecule has 82 valence electrons. The van der Waals surface area contributed by atoms with Crippen molar-refractivity contribution in [3.8, 4) is 0 Å². The normalized spacial score (nSPS) is 20.3. The Morgan fingerprint density at radius 1 is 1.19 bits per heavy atom. The lowest BCUT2D eigenvalue weighted by Gasteiger charge is -2.23. The molecule has 0 radical (unpaired) electrons. The Morgan fingerprint density at radius 3 is 2.56 bits per heavy atom. The van der Waals surface area contributed by atoms with Crippen molar-refractivity contribution >= 4 is 11.7 Å². The highest BCUT2D eigenvalue weighted by molar-refractivity contribution is 6.09. The highest BCUT2D eigenvalue weighted by Gasteiger charge is 2.30. The van der Waals surface area contributed by atoms with Crippen molar-refractivity contribution in [1.82, 2.24) is 4.90 Å². The molecule has 0 saturated carbocycles. The standard InChI is InChI=1S/C13H13NO2/c1-14-8-7-12(15)11(13(14)16)9-10-5-3-2-4-6-10/h2-8,11H,9H2,1H3. The third-order valence-electron chi connectivity index (χ3n) is 2.73. The molecule has 0 bridgehead atoms. The smallest absolute Gasteiger partial charge is 0.237 e. The fraction of sp³-hybridized carbons (Fsp3) is 0.231. The summed E-state index contributed by atoms with van der Waals surface area (Å²) in [5.74, 6) is -0.791. The fourth-order valence-corrected chi connectivity index (χ4v) is 1.78. The highest BCUT2D eigenvalue weighted by atomic mass is 16.2. The lowest BCUT2D eigenvalue weighted by molar-refractivity contribution is -0.138. The summed E-state index contributed by atoms with van der Waals surface area (Å²) >= 11 is 0. The second-order valence-electron chi connectivity index (χ2n) is 3.91. The van der Waals surface area contributed by atoms with Gasteiger partial charge in [0.2, 0.25) is 5.91 Å². The quantitative estimate of drug-likeness (QED) is 0.699. The van der Waals surface area contributed by atoms with E-state index in [4.69, 9.17) is 0 Å². The first kappa shape index (κ1) is 10.6. The van der Waals surface area contributed by atoms with Crippen LogP contribution in [0.3, 0.4) is 0 Å². The first-order valence-electron chi connectivity index (χ1n) is 5.21. The van der Waals surface area contributed by atoms with Gasteiger partial charge in [0.1, 0.15) is 5.92 Å². The second-order valence-corrected chi connectivity index (χ2v) is 3.91. The number of allylic oxidation sites excluding steroid dienone is 1. The molecule has 1 unspecified atom stereocenters. The highest BCUT2D eigenvalue weighted by Crippen LogP contribution is 2.16. The van der Waals surface area contributed by atoms with Crippen LogP contribution in [-0.2, 0) is 16.0 Å². The molecule has 0 spiro atoms. The van der Waals surface area contributed by atoms with E-state index in [1.165, 1.54) is 17.2 Å². The number of rotatable bonds is 2. The van der Waals surface area contributed by atoms with Crippen molar-refractivity contribution in [2.75, 3.05) is 7.05 Å². The summed E-state index contributed by atoms with van der Waals surface area (Å²) in [6.45, 7) is 0. The van der Waals surface area contributed by atoms with Gasteiger partial charge >= 0.3 is 0 Å². The average Bonchev–Trinajstić information content (AvgIpc) is 2.31. The Hall–Kier alpha value is -1.90. The van der Waals surface area contributed by atoms with Gasteiger partial charge in [-0.05, 0) is 18.1 Å². The van der Waals surface area contributed by atoms with Gasteiger partial charge in [-0.15, -0.1) is 0 Å². The number of carbonyl (C=O) groups excluding carboxylic acids is 2. The molecule has 1 aliphatic rings. The number of ketones is 1. The van der Waals surface area contributed by atoms with E-state index in [9.17, 15) is 9.59 Å². The van der Waals surface area contributed by atoms with Crippen LogP contribution >= 0.6 is 0 Å². The average molecular weight is 215 g/mol. The molecule has 0 saturated heterocycles.